The predicted octanol–water partition coefficient (Wildman–Crippen LogP) is 2.25. The quantitative estimate of drug-likeness (QED) is 0.665. The van der Waals surface area contributed by atoms with E-state index in [0.717, 1.165) is 12.1 Å². The number of hydrogen-bond donors (Lipinski definition) is 1. The number of rotatable bonds is 4. The molecule has 126 valence electrons. The number of carbonyl (C=O) groups excluding carboxylic acids is 1. The van der Waals surface area contributed by atoms with Crippen LogP contribution in [0.5, 0.6) is 0 Å². The van der Waals surface area contributed by atoms with Crippen LogP contribution in [0.2, 0.25) is 0 Å². The van der Waals surface area contributed by atoms with Crippen molar-refractivity contribution in [2.75, 3.05) is 12.8 Å². The number of fused-ring (bicyclic) bond motifs is 1. The highest BCUT2D eigenvalue weighted by molar-refractivity contribution is 8.00. The monoisotopic (exact) mass is 365 g/mol. The fourth-order valence-corrected chi connectivity index (χ4v) is 4.41. The van der Waals surface area contributed by atoms with Gasteiger partial charge in [0, 0.05) is 18.7 Å². The van der Waals surface area contributed by atoms with E-state index in [-0.39, 0.29) is 23.0 Å². The van der Waals surface area contributed by atoms with Crippen molar-refractivity contribution in [3.05, 3.63) is 46.1 Å². The Morgan fingerprint density at radius 3 is 2.83 bits per heavy atom. The van der Waals surface area contributed by atoms with Gasteiger partial charge >= 0.3 is 0 Å². The van der Waals surface area contributed by atoms with Gasteiger partial charge in [-0.15, -0.1) is 11.8 Å². The molecule has 0 bridgehead atoms. The lowest BCUT2D eigenvalue weighted by Crippen LogP contribution is -2.25. The summed E-state index contributed by atoms with van der Waals surface area (Å²) in [4.78, 5) is 29.7. The second-order valence-corrected chi connectivity index (χ2v) is 7.77. The highest BCUT2D eigenvalue weighted by Crippen LogP contribution is 2.34. The SMILES string of the molecule is CNC(=O)CSc1nc2c(c(=O)n1-c1ccc(F)cc1)SC(C)C2. The Labute approximate surface area is 147 Å². The van der Waals surface area contributed by atoms with E-state index in [1.165, 1.54) is 52.4 Å². The van der Waals surface area contributed by atoms with E-state index in [4.69, 9.17) is 0 Å². The van der Waals surface area contributed by atoms with Crippen LogP contribution in [0.25, 0.3) is 5.69 Å². The second-order valence-electron chi connectivity index (χ2n) is 5.38. The average Bonchev–Trinajstić information content (AvgIpc) is 2.94. The molecule has 1 aliphatic heterocycles. The molecule has 24 heavy (non-hydrogen) atoms. The Morgan fingerprint density at radius 2 is 2.17 bits per heavy atom. The minimum absolute atomic E-state index is 0.150. The third-order valence-electron chi connectivity index (χ3n) is 3.58. The molecule has 1 aliphatic rings. The van der Waals surface area contributed by atoms with Gasteiger partial charge in [-0.05, 0) is 24.3 Å². The highest BCUT2D eigenvalue weighted by Gasteiger charge is 2.27. The predicted molar refractivity (Wildman–Crippen MR) is 93.6 cm³/mol. The van der Waals surface area contributed by atoms with E-state index >= 15 is 0 Å². The zero-order chi connectivity index (χ0) is 17.3. The Balaban J connectivity index is 2.10. The molecule has 1 aromatic carbocycles. The molecule has 1 atom stereocenters. The maximum Gasteiger partial charge on any atom is 0.272 e. The third-order valence-corrected chi connectivity index (χ3v) is 5.73. The molecule has 0 saturated carbocycles. The van der Waals surface area contributed by atoms with Crippen molar-refractivity contribution in [3.63, 3.8) is 0 Å². The van der Waals surface area contributed by atoms with Crippen molar-refractivity contribution in [1.82, 2.24) is 14.9 Å². The molecule has 1 aromatic heterocycles. The maximum atomic E-state index is 13.2. The van der Waals surface area contributed by atoms with Crippen molar-refractivity contribution in [1.29, 1.82) is 0 Å². The van der Waals surface area contributed by atoms with Gasteiger partial charge in [0.1, 0.15) is 5.82 Å². The molecule has 0 spiro atoms. The van der Waals surface area contributed by atoms with Gasteiger partial charge in [0.25, 0.3) is 5.56 Å². The molecule has 1 amide bonds. The molecule has 8 heteroatoms. The van der Waals surface area contributed by atoms with Crippen molar-refractivity contribution in [2.45, 2.75) is 28.6 Å². The number of aromatic nitrogens is 2. The number of amides is 1. The first-order valence-corrected chi connectivity index (χ1v) is 9.28. The molecule has 2 heterocycles. The van der Waals surface area contributed by atoms with Crippen LogP contribution >= 0.6 is 23.5 Å². The van der Waals surface area contributed by atoms with E-state index in [0.29, 0.717) is 21.0 Å². The molecule has 0 saturated heterocycles. The zero-order valence-corrected chi connectivity index (χ0v) is 14.8. The van der Waals surface area contributed by atoms with Gasteiger partial charge in [0.2, 0.25) is 5.91 Å². The molecular weight excluding hydrogens is 349 g/mol. The summed E-state index contributed by atoms with van der Waals surface area (Å²) in [6, 6.07) is 5.69. The van der Waals surface area contributed by atoms with Crippen LogP contribution in [0.4, 0.5) is 4.39 Å². The topological polar surface area (TPSA) is 64.0 Å². The van der Waals surface area contributed by atoms with Crippen LogP contribution in [0.3, 0.4) is 0 Å². The minimum atomic E-state index is -0.372. The normalized spacial score (nSPS) is 16.0. The number of carbonyl (C=O) groups is 1. The molecule has 3 rings (SSSR count). The minimum Gasteiger partial charge on any atom is -0.358 e. The fraction of sp³-hybridized carbons (Fsp3) is 0.312. The number of thioether (sulfide) groups is 2. The van der Waals surface area contributed by atoms with E-state index in [1.54, 1.807) is 7.05 Å². The van der Waals surface area contributed by atoms with E-state index in [9.17, 15) is 14.0 Å². The number of benzene rings is 1. The Kier molecular flexibility index (Phi) is 4.96. The smallest absolute Gasteiger partial charge is 0.272 e. The summed E-state index contributed by atoms with van der Waals surface area (Å²) in [5.74, 6) is -0.363. The Morgan fingerprint density at radius 1 is 1.46 bits per heavy atom. The molecule has 0 fully saturated rings. The van der Waals surface area contributed by atoms with Gasteiger partial charge in [-0.1, -0.05) is 18.7 Å². The first-order chi connectivity index (χ1) is 11.5. The summed E-state index contributed by atoms with van der Waals surface area (Å²) in [5, 5.41) is 3.29. The van der Waals surface area contributed by atoms with Gasteiger partial charge in [0.15, 0.2) is 5.16 Å². The van der Waals surface area contributed by atoms with Crippen molar-refractivity contribution in [2.24, 2.45) is 0 Å². The molecule has 1 unspecified atom stereocenters. The second kappa shape index (κ2) is 6.98. The van der Waals surface area contributed by atoms with E-state index in [1.807, 2.05) is 6.92 Å². The van der Waals surface area contributed by atoms with Crippen molar-refractivity contribution < 1.29 is 9.18 Å². The standard InChI is InChI=1S/C16H16FN3O2S2/c1-9-7-12-14(24-9)15(22)20(11-5-3-10(17)4-6-11)16(19-12)23-8-13(21)18-2/h3-6,9H,7-8H2,1-2H3,(H,18,21). The molecule has 0 aliphatic carbocycles. The molecule has 5 nitrogen and oxygen atoms in total. The zero-order valence-electron chi connectivity index (χ0n) is 13.2. The summed E-state index contributed by atoms with van der Waals surface area (Å²) in [5.41, 5.74) is 1.15. The summed E-state index contributed by atoms with van der Waals surface area (Å²) in [6.07, 6.45) is 0.729. The molecular formula is C16H16FN3O2S2. The van der Waals surface area contributed by atoms with E-state index < -0.39 is 0 Å². The first kappa shape index (κ1) is 17.0. The molecule has 0 radical (unpaired) electrons. The number of nitrogens with one attached hydrogen (secondary N) is 1. The van der Waals surface area contributed by atoms with Gasteiger partial charge in [-0.25, -0.2) is 9.37 Å². The van der Waals surface area contributed by atoms with Crippen LogP contribution in [-0.4, -0.2) is 33.5 Å². The van der Waals surface area contributed by atoms with Gasteiger partial charge < -0.3 is 5.32 Å². The average molecular weight is 365 g/mol. The van der Waals surface area contributed by atoms with Gasteiger partial charge in [0.05, 0.1) is 22.0 Å². The lowest BCUT2D eigenvalue weighted by atomic mass is 10.2. The number of hydrogen-bond acceptors (Lipinski definition) is 5. The van der Waals surface area contributed by atoms with Crippen LogP contribution in [-0.2, 0) is 11.2 Å². The van der Waals surface area contributed by atoms with Gasteiger partial charge in [-0.3, -0.25) is 14.2 Å². The lowest BCUT2D eigenvalue weighted by Gasteiger charge is -2.13. The largest absolute Gasteiger partial charge is 0.358 e. The first-order valence-electron chi connectivity index (χ1n) is 7.41. The van der Waals surface area contributed by atoms with E-state index in [2.05, 4.69) is 10.3 Å². The van der Waals surface area contributed by atoms with Crippen molar-refractivity contribution >= 4 is 29.4 Å². The lowest BCUT2D eigenvalue weighted by molar-refractivity contribution is -0.118. The Hall–Kier alpha value is -1.80. The third kappa shape index (κ3) is 3.34. The maximum absolute atomic E-state index is 13.2. The van der Waals surface area contributed by atoms with Crippen LogP contribution < -0.4 is 10.9 Å². The van der Waals surface area contributed by atoms with Crippen molar-refractivity contribution in [3.8, 4) is 5.69 Å². The molecule has 1 N–H and O–H groups in total. The summed E-state index contributed by atoms with van der Waals surface area (Å²) in [6.45, 7) is 2.05. The highest BCUT2D eigenvalue weighted by atomic mass is 32.2. The van der Waals surface area contributed by atoms with Crippen LogP contribution in [0.15, 0.2) is 39.1 Å². The van der Waals surface area contributed by atoms with Crippen LogP contribution in [0, 0.1) is 5.82 Å². The summed E-state index contributed by atoms with van der Waals surface area (Å²) < 4.78 is 14.7. The molecule has 2 aromatic rings. The van der Waals surface area contributed by atoms with Crippen LogP contribution in [0.1, 0.15) is 12.6 Å². The summed E-state index contributed by atoms with van der Waals surface area (Å²) >= 11 is 2.71. The van der Waals surface area contributed by atoms with Gasteiger partial charge in [-0.2, -0.15) is 0 Å². The Bertz CT molecular complexity index is 836. The number of nitrogens with zero attached hydrogens (tertiary/aromatic N) is 2. The number of halogens is 1. The fourth-order valence-electron chi connectivity index (χ4n) is 2.42. The summed E-state index contributed by atoms with van der Waals surface area (Å²) in [7, 11) is 1.56.